The van der Waals surface area contributed by atoms with Crippen molar-refractivity contribution in [1.82, 2.24) is 10.2 Å². The van der Waals surface area contributed by atoms with Crippen LogP contribution in [0.1, 0.15) is 19.8 Å². The average molecular weight is 173 g/mol. The van der Waals surface area contributed by atoms with E-state index in [0.29, 0.717) is 6.04 Å². The SMILES string of the molecule is CC(N)CCNCCCN(C)C. The fourth-order valence-corrected chi connectivity index (χ4v) is 0.975. The van der Waals surface area contributed by atoms with E-state index in [2.05, 4.69) is 24.3 Å². The molecule has 0 aliphatic heterocycles. The summed E-state index contributed by atoms with van der Waals surface area (Å²) in [5.41, 5.74) is 5.61. The second kappa shape index (κ2) is 7.53. The molecule has 0 aromatic carbocycles. The van der Waals surface area contributed by atoms with E-state index in [0.717, 1.165) is 26.1 Å². The minimum Gasteiger partial charge on any atom is -0.328 e. The molecule has 0 bridgehead atoms. The molecule has 0 heterocycles. The molecule has 1 atom stereocenters. The van der Waals surface area contributed by atoms with Crippen molar-refractivity contribution >= 4 is 0 Å². The highest BCUT2D eigenvalue weighted by molar-refractivity contribution is 4.56. The van der Waals surface area contributed by atoms with Gasteiger partial charge in [0.2, 0.25) is 0 Å². The standard InChI is InChI=1S/C9H23N3/c1-9(10)5-7-11-6-4-8-12(2)3/h9,11H,4-8,10H2,1-3H3. The Morgan fingerprint density at radius 1 is 1.33 bits per heavy atom. The monoisotopic (exact) mass is 173 g/mol. The van der Waals surface area contributed by atoms with E-state index < -0.39 is 0 Å². The van der Waals surface area contributed by atoms with Gasteiger partial charge in [0.05, 0.1) is 0 Å². The topological polar surface area (TPSA) is 41.3 Å². The molecule has 0 aromatic heterocycles. The van der Waals surface area contributed by atoms with Crippen LogP contribution in [0.5, 0.6) is 0 Å². The zero-order chi connectivity index (χ0) is 9.40. The van der Waals surface area contributed by atoms with Crippen molar-refractivity contribution in [2.24, 2.45) is 5.73 Å². The van der Waals surface area contributed by atoms with E-state index in [9.17, 15) is 0 Å². The number of nitrogens with two attached hydrogens (primary N) is 1. The molecule has 3 heteroatoms. The van der Waals surface area contributed by atoms with Gasteiger partial charge < -0.3 is 16.0 Å². The van der Waals surface area contributed by atoms with Gasteiger partial charge in [-0.15, -0.1) is 0 Å². The van der Waals surface area contributed by atoms with E-state index in [1.807, 2.05) is 6.92 Å². The van der Waals surface area contributed by atoms with Gasteiger partial charge in [-0.3, -0.25) is 0 Å². The Labute approximate surface area is 76.3 Å². The van der Waals surface area contributed by atoms with Crippen LogP contribution in [-0.2, 0) is 0 Å². The lowest BCUT2D eigenvalue weighted by atomic mass is 10.2. The van der Waals surface area contributed by atoms with Crippen molar-refractivity contribution in [1.29, 1.82) is 0 Å². The Bertz CT molecular complexity index is 79.8. The molecule has 0 aromatic rings. The summed E-state index contributed by atoms with van der Waals surface area (Å²) in [5.74, 6) is 0. The minimum absolute atomic E-state index is 0.325. The van der Waals surface area contributed by atoms with E-state index >= 15 is 0 Å². The molecular formula is C9H23N3. The highest BCUT2D eigenvalue weighted by atomic mass is 15.0. The quantitative estimate of drug-likeness (QED) is 0.543. The highest BCUT2D eigenvalue weighted by Gasteiger charge is 1.93. The van der Waals surface area contributed by atoms with Crippen LogP contribution in [0, 0.1) is 0 Å². The summed E-state index contributed by atoms with van der Waals surface area (Å²) in [4.78, 5) is 2.20. The molecule has 12 heavy (non-hydrogen) atoms. The molecule has 3 N–H and O–H groups in total. The van der Waals surface area contributed by atoms with Crippen LogP contribution in [0.4, 0.5) is 0 Å². The largest absolute Gasteiger partial charge is 0.328 e. The third-order valence-electron chi connectivity index (χ3n) is 1.74. The van der Waals surface area contributed by atoms with Crippen molar-refractivity contribution in [2.75, 3.05) is 33.7 Å². The van der Waals surface area contributed by atoms with Crippen LogP contribution in [-0.4, -0.2) is 44.7 Å². The van der Waals surface area contributed by atoms with Gasteiger partial charge >= 0.3 is 0 Å². The minimum atomic E-state index is 0.325. The van der Waals surface area contributed by atoms with Crippen LogP contribution >= 0.6 is 0 Å². The average Bonchev–Trinajstić information content (AvgIpc) is 1.95. The molecule has 0 amide bonds. The molecule has 0 fully saturated rings. The van der Waals surface area contributed by atoms with Crippen molar-refractivity contribution in [2.45, 2.75) is 25.8 Å². The highest BCUT2D eigenvalue weighted by Crippen LogP contribution is 1.84. The maximum absolute atomic E-state index is 5.61. The Morgan fingerprint density at radius 3 is 2.50 bits per heavy atom. The molecule has 0 saturated carbocycles. The first-order valence-electron chi connectivity index (χ1n) is 4.74. The maximum Gasteiger partial charge on any atom is 0.00225 e. The van der Waals surface area contributed by atoms with Crippen molar-refractivity contribution in [3.63, 3.8) is 0 Å². The van der Waals surface area contributed by atoms with Crippen LogP contribution in [0.3, 0.4) is 0 Å². The summed E-state index contributed by atoms with van der Waals surface area (Å²) < 4.78 is 0. The first-order chi connectivity index (χ1) is 5.63. The molecule has 0 aliphatic carbocycles. The zero-order valence-electron chi connectivity index (χ0n) is 8.64. The predicted molar refractivity (Wildman–Crippen MR) is 54.3 cm³/mol. The summed E-state index contributed by atoms with van der Waals surface area (Å²) in [6.07, 6.45) is 2.29. The molecule has 1 unspecified atom stereocenters. The number of nitrogens with one attached hydrogen (secondary N) is 1. The van der Waals surface area contributed by atoms with Gasteiger partial charge in [-0.1, -0.05) is 0 Å². The molecule has 0 radical (unpaired) electrons. The molecule has 0 saturated heterocycles. The van der Waals surface area contributed by atoms with Crippen LogP contribution in [0.25, 0.3) is 0 Å². The Hall–Kier alpha value is -0.120. The third kappa shape index (κ3) is 9.88. The van der Waals surface area contributed by atoms with Crippen molar-refractivity contribution in [3.05, 3.63) is 0 Å². The second-order valence-electron chi connectivity index (χ2n) is 3.67. The fourth-order valence-electron chi connectivity index (χ4n) is 0.975. The molecule has 0 rings (SSSR count). The molecule has 0 spiro atoms. The normalized spacial score (nSPS) is 13.8. The Kier molecular flexibility index (Phi) is 7.45. The van der Waals surface area contributed by atoms with Gasteiger partial charge in [-0.25, -0.2) is 0 Å². The van der Waals surface area contributed by atoms with Crippen molar-refractivity contribution < 1.29 is 0 Å². The maximum atomic E-state index is 5.61. The lowest BCUT2D eigenvalue weighted by Crippen LogP contribution is -2.26. The number of rotatable bonds is 7. The lowest BCUT2D eigenvalue weighted by molar-refractivity contribution is 0.393. The number of hydrogen-bond acceptors (Lipinski definition) is 3. The van der Waals surface area contributed by atoms with E-state index in [1.165, 1.54) is 6.42 Å². The van der Waals surface area contributed by atoms with Crippen LogP contribution in [0.15, 0.2) is 0 Å². The van der Waals surface area contributed by atoms with E-state index in [1.54, 1.807) is 0 Å². The van der Waals surface area contributed by atoms with E-state index in [4.69, 9.17) is 5.73 Å². The van der Waals surface area contributed by atoms with Crippen LogP contribution in [0.2, 0.25) is 0 Å². The van der Waals surface area contributed by atoms with Gasteiger partial charge in [0.1, 0.15) is 0 Å². The van der Waals surface area contributed by atoms with Crippen LogP contribution < -0.4 is 11.1 Å². The summed E-state index contributed by atoms with van der Waals surface area (Å²) in [7, 11) is 4.20. The van der Waals surface area contributed by atoms with Gasteiger partial charge in [0.15, 0.2) is 0 Å². The summed E-state index contributed by atoms with van der Waals surface area (Å²) in [5, 5.41) is 3.37. The smallest absolute Gasteiger partial charge is 0.00225 e. The third-order valence-corrected chi connectivity index (χ3v) is 1.74. The first kappa shape index (κ1) is 11.9. The fraction of sp³-hybridized carbons (Fsp3) is 1.00. The van der Waals surface area contributed by atoms with Gasteiger partial charge in [0, 0.05) is 6.04 Å². The van der Waals surface area contributed by atoms with Gasteiger partial charge in [-0.2, -0.15) is 0 Å². The molecule has 3 nitrogen and oxygen atoms in total. The summed E-state index contributed by atoms with van der Waals surface area (Å²) in [6, 6.07) is 0.325. The first-order valence-corrected chi connectivity index (χ1v) is 4.74. The number of nitrogens with zero attached hydrogens (tertiary/aromatic N) is 1. The molecular weight excluding hydrogens is 150 g/mol. The lowest BCUT2D eigenvalue weighted by Gasteiger charge is -2.10. The predicted octanol–water partition coefficient (Wildman–Crippen LogP) is 0.265. The summed E-state index contributed by atoms with van der Waals surface area (Å²) >= 11 is 0. The van der Waals surface area contributed by atoms with Gasteiger partial charge in [0.25, 0.3) is 0 Å². The van der Waals surface area contributed by atoms with Crippen molar-refractivity contribution in [3.8, 4) is 0 Å². The zero-order valence-corrected chi connectivity index (χ0v) is 8.64. The molecule has 0 aliphatic rings. The number of hydrogen-bond donors (Lipinski definition) is 2. The Balaban J connectivity index is 2.91. The van der Waals surface area contributed by atoms with Gasteiger partial charge in [-0.05, 0) is 53.5 Å². The summed E-state index contributed by atoms with van der Waals surface area (Å²) in [6.45, 7) is 5.35. The molecule has 74 valence electrons. The Morgan fingerprint density at radius 2 is 2.00 bits per heavy atom. The second-order valence-corrected chi connectivity index (χ2v) is 3.67. The van der Waals surface area contributed by atoms with E-state index in [-0.39, 0.29) is 0 Å².